The fourth-order valence-corrected chi connectivity index (χ4v) is 1.43. The van der Waals surface area contributed by atoms with Crippen molar-refractivity contribution in [3.05, 3.63) is 35.4 Å². The maximum absolute atomic E-state index is 3.22. The van der Waals surface area contributed by atoms with Crippen molar-refractivity contribution in [3.8, 4) is 0 Å². The van der Waals surface area contributed by atoms with E-state index >= 15 is 0 Å². The van der Waals surface area contributed by atoms with Gasteiger partial charge in [0.25, 0.3) is 0 Å². The van der Waals surface area contributed by atoms with Gasteiger partial charge in [0, 0.05) is 0 Å². The van der Waals surface area contributed by atoms with Gasteiger partial charge < -0.3 is 5.32 Å². The van der Waals surface area contributed by atoms with Crippen molar-refractivity contribution in [2.45, 2.75) is 26.7 Å². The van der Waals surface area contributed by atoms with Crippen molar-refractivity contribution in [1.82, 2.24) is 5.32 Å². The summed E-state index contributed by atoms with van der Waals surface area (Å²) in [5.41, 5.74) is 2.68. The molecule has 1 aromatic rings. The zero-order valence-electron chi connectivity index (χ0n) is 8.64. The molecule has 1 N–H and O–H groups in total. The molecule has 1 aliphatic rings. The Morgan fingerprint density at radius 1 is 1.00 bits per heavy atom. The van der Waals surface area contributed by atoms with E-state index in [0.717, 1.165) is 0 Å². The Morgan fingerprint density at radius 2 is 1.54 bits per heavy atom. The van der Waals surface area contributed by atoms with E-state index in [2.05, 4.69) is 43.4 Å². The molecule has 1 saturated heterocycles. The number of hydrogen-bond acceptors (Lipinski definition) is 1. The lowest BCUT2D eigenvalue weighted by atomic mass is 10.2. The van der Waals surface area contributed by atoms with Gasteiger partial charge in [-0.1, -0.05) is 35.4 Å². The van der Waals surface area contributed by atoms with Crippen LogP contribution in [0.15, 0.2) is 24.3 Å². The highest BCUT2D eigenvalue weighted by Gasteiger charge is 1.93. The predicted octanol–water partition coefficient (Wildman–Crippen LogP) is 2.67. The van der Waals surface area contributed by atoms with E-state index in [9.17, 15) is 0 Å². The molecule has 0 saturated carbocycles. The molecular weight excluding hydrogens is 158 g/mol. The molecule has 0 aromatic heterocycles. The Hall–Kier alpha value is -0.820. The van der Waals surface area contributed by atoms with Gasteiger partial charge in [-0.3, -0.25) is 0 Å². The van der Waals surface area contributed by atoms with Crippen molar-refractivity contribution in [1.29, 1.82) is 0 Å². The molecule has 1 heteroatoms. The quantitative estimate of drug-likeness (QED) is 0.642. The molecule has 0 aliphatic carbocycles. The summed E-state index contributed by atoms with van der Waals surface area (Å²) in [5, 5.41) is 3.22. The predicted molar refractivity (Wildman–Crippen MR) is 58.0 cm³/mol. The Labute approximate surface area is 81.2 Å². The van der Waals surface area contributed by atoms with Gasteiger partial charge in [-0.2, -0.15) is 0 Å². The molecular formula is C12H19N. The van der Waals surface area contributed by atoms with Gasteiger partial charge in [0.1, 0.15) is 0 Å². The monoisotopic (exact) mass is 177 g/mol. The first-order valence-electron chi connectivity index (χ1n) is 5.03. The molecule has 0 radical (unpaired) electrons. The van der Waals surface area contributed by atoms with Crippen LogP contribution in [0.25, 0.3) is 0 Å². The van der Waals surface area contributed by atoms with E-state index in [1.807, 2.05) is 0 Å². The van der Waals surface area contributed by atoms with Gasteiger partial charge in [0.2, 0.25) is 0 Å². The van der Waals surface area contributed by atoms with Crippen LogP contribution < -0.4 is 5.32 Å². The number of nitrogens with one attached hydrogen (secondary N) is 1. The van der Waals surface area contributed by atoms with Crippen LogP contribution in [0.1, 0.15) is 24.0 Å². The van der Waals surface area contributed by atoms with Crippen molar-refractivity contribution in [2.24, 2.45) is 0 Å². The summed E-state index contributed by atoms with van der Waals surface area (Å²) >= 11 is 0. The van der Waals surface area contributed by atoms with Crippen LogP contribution in [0.3, 0.4) is 0 Å². The third kappa shape index (κ3) is 4.69. The maximum atomic E-state index is 3.22. The minimum absolute atomic E-state index is 1.25. The van der Waals surface area contributed by atoms with Crippen molar-refractivity contribution >= 4 is 0 Å². The summed E-state index contributed by atoms with van der Waals surface area (Å²) < 4.78 is 0. The molecule has 1 fully saturated rings. The fourth-order valence-electron chi connectivity index (χ4n) is 1.43. The van der Waals surface area contributed by atoms with Crippen LogP contribution in [-0.2, 0) is 0 Å². The summed E-state index contributed by atoms with van der Waals surface area (Å²) in [5.74, 6) is 0. The molecule has 0 atom stereocenters. The van der Waals surface area contributed by atoms with Gasteiger partial charge in [-0.05, 0) is 39.8 Å². The third-order valence-corrected chi connectivity index (χ3v) is 2.13. The molecule has 1 aromatic carbocycles. The summed E-state index contributed by atoms with van der Waals surface area (Å²) in [6, 6.07) is 8.45. The molecule has 0 bridgehead atoms. The molecule has 0 spiro atoms. The minimum Gasteiger partial charge on any atom is -0.317 e. The van der Waals surface area contributed by atoms with Crippen molar-refractivity contribution < 1.29 is 0 Å². The SMILES string of the molecule is C1CCNC1.Cc1cccc(C)c1. The average Bonchev–Trinajstić information content (AvgIpc) is 2.59. The highest BCUT2D eigenvalue weighted by molar-refractivity contribution is 5.20. The second-order valence-electron chi connectivity index (χ2n) is 3.62. The van der Waals surface area contributed by atoms with Crippen molar-refractivity contribution in [2.75, 3.05) is 13.1 Å². The van der Waals surface area contributed by atoms with Gasteiger partial charge in [-0.25, -0.2) is 0 Å². The molecule has 2 rings (SSSR count). The molecule has 72 valence electrons. The zero-order chi connectivity index (χ0) is 9.52. The standard InChI is InChI=1S/C8H10.C4H9N/c1-7-4-3-5-8(2)6-7;1-2-4-5-3-1/h3-6H,1-2H3;5H,1-4H2. The molecule has 0 unspecified atom stereocenters. The van der Waals surface area contributed by atoms with Crippen LogP contribution in [0.4, 0.5) is 0 Å². The third-order valence-electron chi connectivity index (χ3n) is 2.13. The maximum Gasteiger partial charge on any atom is -0.00484 e. The highest BCUT2D eigenvalue weighted by atomic mass is 14.9. The van der Waals surface area contributed by atoms with Gasteiger partial charge in [-0.15, -0.1) is 0 Å². The van der Waals surface area contributed by atoms with Crippen LogP contribution in [-0.4, -0.2) is 13.1 Å². The lowest BCUT2D eigenvalue weighted by molar-refractivity contribution is 0.857. The van der Waals surface area contributed by atoms with E-state index in [-0.39, 0.29) is 0 Å². The van der Waals surface area contributed by atoms with Crippen LogP contribution in [0.5, 0.6) is 0 Å². The van der Waals surface area contributed by atoms with E-state index in [4.69, 9.17) is 0 Å². The topological polar surface area (TPSA) is 12.0 Å². The van der Waals surface area contributed by atoms with E-state index in [0.29, 0.717) is 0 Å². The van der Waals surface area contributed by atoms with E-state index in [1.165, 1.54) is 37.1 Å². The van der Waals surface area contributed by atoms with Crippen LogP contribution >= 0.6 is 0 Å². The zero-order valence-corrected chi connectivity index (χ0v) is 8.64. The molecule has 1 nitrogen and oxygen atoms in total. The molecule has 1 aliphatic heterocycles. The first-order valence-corrected chi connectivity index (χ1v) is 5.03. The summed E-state index contributed by atoms with van der Waals surface area (Å²) in [6.45, 7) is 6.71. The Morgan fingerprint density at radius 3 is 1.77 bits per heavy atom. The molecule has 0 amide bonds. The van der Waals surface area contributed by atoms with Crippen LogP contribution in [0, 0.1) is 13.8 Å². The smallest absolute Gasteiger partial charge is 0.00484 e. The fraction of sp³-hybridized carbons (Fsp3) is 0.500. The average molecular weight is 177 g/mol. The van der Waals surface area contributed by atoms with E-state index in [1.54, 1.807) is 0 Å². The molecule has 13 heavy (non-hydrogen) atoms. The Kier molecular flexibility index (Phi) is 4.55. The first-order chi connectivity index (χ1) is 6.29. The molecule has 1 heterocycles. The summed E-state index contributed by atoms with van der Waals surface area (Å²) in [7, 11) is 0. The summed E-state index contributed by atoms with van der Waals surface area (Å²) in [6.07, 6.45) is 2.78. The largest absolute Gasteiger partial charge is 0.317 e. The Bertz CT molecular complexity index is 214. The first kappa shape index (κ1) is 10.3. The van der Waals surface area contributed by atoms with E-state index < -0.39 is 0 Å². The number of aryl methyl sites for hydroxylation is 2. The second-order valence-corrected chi connectivity index (χ2v) is 3.62. The summed E-state index contributed by atoms with van der Waals surface area (Å²) in [4.78, 5) is 0. The number of rotatable bonds is 0. The second kappa shape index (κ2) is 5.76. The number of hydrogen-bond donors (Lipinski definition) is 1. The lowest BCUT2D eigenvalue weighted by Crippen LogP contribution is -2.03. The van der Waals surface area contributed by atoms with Gasteiger partial charge in [0.15, 0.2) is 0 Å². The Balaban J connectivity index is 0.000000145. The highest BCUT2D eigenvalue weighted by Crippen LogP contribution is 2.00. The lowest BCUT2D eigenvalue weighted by Gasteiger charge is -1.90. The van der Waals surface area contributed by atoms with Gasteiger partial charge in [0.05, 0.1) is 0 Å². The number of benzene rings is 1. The van der Waals surface area contributed by atoms with Crippen LogP contribution in [0.2, 0.25) is 0 Å². The van der Waals surface area contributed by atoms with Gasteiger partial charge >= 0.3 is 0 Å². The minimum atomic E-state index is 1.25. The normalized spacial score (nSPS) is 14.9. The van der Waals surface area contributed by atoms with Crippen molar-refractivity contribution in [3.63, 3.8) is 0 Å².